The van der Waals surface area contributed by atoms with Gasteiger partial charge in [-0.1, -0.05) is 12.1 Å². The van der Waals surface area contributed by atoms with Crippen molar-refractivity contribution in [2.45, 2.75) is 4.90 Å². The molecule has 8 heteroatoms. The largest absolute Gasteiger partial charge is 0.379 e. The first-order chi connectivity index (χ1) is 11.1. The standard InChI is InChI=1S/C15H15N3O4S/c19-15(14-11-16-4-5-17-14)12-2-1-3-13(10-12)23(20,21)18-6-8-22-9-7-18/h1-5,10-11H,6-9H2. The number of rotatable bonds is 4. The zero-order valence-electron chi connectivity index (χ0n) is 12.3. The first kappa shape index (κ1) is 15.7. The number of aromatic nitrogens is 2. The molecule has 0 spiro atoms. The van der Waals surface area contributed by atoms with E-state index in [1.54, 1.807) is 12.1 Å². The van der Waals surface area contributed by atoms with Gasteiger partial charge in [0, 0.05) is 31.0 Å². The third-order valence-electron chi connectivity index (χ3n) is 3.50. The molecule has 1 fully saturated rings. The Kier molecular flexibility index (Phi) is 4.46. The highest BCUT2D eigenvalue weighted by Gasteiger charge is 2.27. The van der Waals surface area contributed by atoms with Crippen molar-refractivity contribution >= 4 is 15.8 Å². The van der Waals surface area contributed by atoms with Crippen LogP contribution in [-0.4, -0.2) is 54.8 Å². The molecule has 120 valence electrons. The predicted molar refractivity (Wildman–Crippen MR) is 81.5 cm³/mol. The molecule has 1 aliphatic rings. The van der Waals surface area contributed by atoms with Crippen molar-refractivity contribution in [2.24, 2.45) is 0 Å². The van der Waals surface area contributed by atoms with Crippen molar-refractivity contribution in [3.63, 3.8) is 0 Å². The first-order valence-electron chi connectivity index (χ1n) is 7.08. The Balaban J connectivity index is 1.92. The molecule has 0 aliphatic carbocycles. The number of ketones is 1. The number of carbonyl (C=O) groups excluding carboxylic acids is 1. The Bertz CT molecular complexity index is 802. The number of carbonyl (C=O) groups is 1. The predicted octanol–water partition coefficient (Wildman–Crippen LogP) is 0.728. The van der Waals surface area contributed by atoms with Crippen molar-refractivity contribution in [2.75, 3.05) is 26.3 Å². The number of morpholine rings is 1. The Morgan fingerprint density at radius 1 is 1.17 bits per heavy atom. The van der Waals surface area contributed by atoms with Gasteiger partial charge >= 0.3 is 0 Å². The smallest absolute Gasteiger partial charge is 0.243 e. The summed E-state index contributed by atoms with van der Waals surface area (Å²) in [4.78, 5) is 20.3. The van der Waals surface area contributed by atoms with Crippen LogP contribution in [0.15, 0.2) is 47.8 Å². The zero-order chi connectivity index (χ0) is 16.3. The highest BCUT2D eigenvalue weighted by atomic mass is 32.2. The number of benzene rings is 1. The van der Waals surface area contributed by atoms with Gasteiger partial charge in [-0.25, -0.2) is 13.4 Å². The Morgan fingerprint density at radius 3 is 2.65 bits per heavy atom. The summed E-state index contributed by atoms with van der Waals surface area (Å²) in [6.45, 7) is 1.37. The van der Waals surface area contributed by atoms with Crippen LogP contribution in [0, 0.1) is 0 Å². The van der Waals surface area contributed by atoms with Gasteiger partial charge in [-0.3, -0.25) is 9.78 Å². The summed E-state index contributed by atoms with van der Waals surface area (Å²) in [6.07, 6.45) is 4.24. The van der Waals surface area contributed by atoms with Crippen LogP contribution in [-0.2, 0) is 14.8 Å². The minimum Gasteiger partial charge on any atom is -0.379 e. The van der Waals surface area contributed by atoms with E-state index in [1.807, 2.05) is 0 Å². The monoisotopic (exact) mass is 333 g/mol. The van der Waals surface area contributed by atoms with Gasteiger partial charge in [-0.05, 0) is 12.1 Å². The molecule has 2 aromatic rings. The van der Waals surface area contributed by atoms with Crippen LogP contribution in [0.5, 0.6) is 0 Å². The lowest BCUT2D eigenvalue weighted by atomic mass is 10.1. The molecule has 1 aromatic carbocycles. The van der Waals surface area contributed by atoms with Crippen LogP contribution in [0.3, 0.4) is 0 Å². The second-order valence-corrected chi connectivity index (χ2v) is 6.90. The van der Waals surface area contributed by atoms with Crippen molar-refractivity contribution in [3.8, 4) is 0 Å². The molecule has 3 rings (SSSR count). The number of ether oxygens (including phenoxy) is 1. The molecule has 23 heavy (non-hydrogen) atoms. The summed E-state index contributed by atoms with van der Waals surface area (Å²) in [7, 11) is -3.64. The molecule has 0 amide bonds. The van der Waals surface area contributed by atoms with Gasteiger partial charge in [0.05, 0.1) is 24.3 Å². The number of hydrogen-bond acceptors (Lipinski definition) is 6. The lowest BCUT2D eigenvalue weighted by molar-refractivity contribution is 0.0730. The molecule has 0 unspecified atom stereocenters. The maximum absolute atomic E-state index is 12.6. The molecule has 0 radical (unpaired) electrons. The van der Waals surface area contributed by atoms with Crippen LogP contribution in [0.25, 0.3) is 0 Å². The molecule has 0 N–H and O–H groups in total. The normalized spacial score (nSPS) is 16.2. The van der Waals surface area contributed by atoms with Crippen molar-refractivity contribution < 1.29 is 17.9 Å². The molecular weight excluding hydrogens is 318 g/mol. The number of hydrogen-bond donors (Lipinski definition) is 0. The van der Waals surface area contributed by atoms with E-state index in [2.05, 4.69) is 9.97 Å². The maximum atomic E-state index is 12.6. The molecule has 1 aromatic heterocycles. The first-order valence-corrected chi connectivity index (χ1v) is 8.52. The summed E-state index contributed by atoms with van der Waals surface area (Å²) in [6, 6.07) is 5.98. The topological polar surface area (TPSA) is 89.5 Å². The van der Waals surface area contributed by atoms with E-state index in [0.717, 1.165) is 0 Å². The van der Waals surface area contributed by atoms with Crippen molar-refractivity contribution in [1.82, 2.24) is 14.3 Å². The molecule has 1 saturated heterocycles. The van der Waals surface area contributed by atoms with Gasteiger partial charge in [0.25, 0.3) is 0 Å². The van der Waals surface area contributed by atoms with E-state index in [1.165, 1.54) is 35.0 Å². The highest BCUT2D eigenvalue weighted by molar-refractivity contribution is 7.89. The fraction of sp³-hybridized carbons (Fsp3) is 0.267. The molecule has 2 heterocycles. The summed E-state index contributed by atoms with van der Waals surface area (Å²) in [5.74, 6) is -0.364. The van der Waals surface area contributed by atoms with Crippen molar-refractivity contribution in [1.29, 1.82) is 0 Å². The zero-order valence-corrected chi connectivity index (χ0v) is 13.1. The SMILES string of the molecule is O=C(c1cccc(S(=O)(=O)N2CCOCC2)c1)c1cnccn1. The number of sulfonamides is 1. The average molecular weight is 333 g/mol. The lowest BCUT2D eigenvalue weighted by Crippen LogP contribution is -2.40. The Labute approximate surface area is 134 Å². The average Bonchev–Trinajstić information content (AvgIpc) is 2.62. The minimum absolute atomic E-state index is 0.0918. The summed E-state index contributed by atoms with van der Waals surface area (Å²) >= 11 is 0. The third-order valence-corrected chi connectivity index (χ3v) is 5.39. The van der Waals surface area contributed by atoms with E-state index in [4.69, 9.17) is 4.74 Å². The van der Waals surface area contributed by atoms with E-state index in [9.17, 15) is 13.2 Å². The van der Waals surface area contributed by atoms with E-state index < -0.39 is 10.0 Å². The van der Waals surface area contributed by atoms with Crippen molar-refractivity contribution in [3.05, 3.63) is 54.1 Å². The van der Waals surface area contributed by atoms with Crippen LogP contribution < -0.4 is 0 Å². The van der Waals surface area contributed by atoms with Gasteiger partial charge in [0.15, 0.2) is 0 Å². The van der Waals surface area contributed by atoms with Gasteiger partial charge in [-0.15, -0.1) is 0 Å². The van der Waals surface area contributed by atoms with Gasteiger partial charge in [-0.2, -0.15) is 4.31 Å². The molecule has 0 atom stereocenters. The highest BCUT2D eigenvalue weighted by Crippen LogP contribution is 2.19. The Hall–Kier alpha value is -2.16. The maximum Gasteiger partial charge on any atom is 0.243 e. The second-order valence-electron chi connectivity index (χ2n) is 4.96. The van der Waals surface area contributed by atoms with E-state index >= 15 is 0 Å². The van der Waals surface area contributed by atoms with Crippen LogP contribution >= 0.6 is 0 Å². The van der Waals surface area contributed by atoms with E-state index in [0.29, 0.717) is 26.3 Å². The number of nitrogens with zero attached hydrogens (tertiary/aromatic N) is 3. The quantitative estimate of drug-likeness (QED) is 0.766. The summed E-state index contributed by atoms with van der Waals surface area (Å²) in [5, 5.41) is 0. The molecular formula is C15H15N3O4S. The molecule has 0 bridgehead atoms. The lowest BCUT2D eigenvalue weighted by Gasteiger charge is -2.26. The van der Waals surface area contributed by atoms with Crippen LogP contribution in [0.2, 0.25) is 0 Å². The summed E-state index contributed by atoms with van der Waals surface area (Å²) in [5.41, 5.74) is 0.438. The third kappa shape index (κ3) is 3.29. The van der Waals surface area contributed by atoms with Gasteiger partial charge < -0.3 is 4.74 Å². The second kappa shape index (κ2) is 6.53. The van der Waals surface area contributed by atoms with Crippen LogP contribution in [0.1, 0.15) is 16.1 Å². The van der Waals surface area contributed by atoms with E-state index in [-0.39, 0.29) is 21.9 Å². The minimum atomic E-state index is -3.64. The molecule has 1 aliphatic heterocycles. The summed E-state index contributed by atoms with van der Waals surface area (Å²) < 4.78 is 31.8. The van der Waals surface area contributed by atoms with Gasteiger partial charge in [0.1, 0.15) is 5.69 Å². The molecule has 0 saturated carbocycles. The van der Waals surface area contributed by atoms with Gasteiger partial charge in [0.2, 0.25) is 15.8 Å². The fourth-order valence-corrected chi connectivity index (χ4v) is 3.75. The molecule has 7 nitrogen and oxygen atoms in total. The van der Waals surface area contributed by atoms with Crippen LogP contribution in [0.4, 0.5) is 0 Å². The Morgan fingerprint density at radius 2 is 1.96 bits per heavy atom. The fourth-order valence-electron chi connectivity index (χ4n) is 2.30.